The fourth-order valence-electron chi connectivity index (χ4n) is 5.47. The minimum absolute atomic E-state index is 0.202. The van der Waals surface area contributed by atoms with E-state index in [9.17, 15) is 19.2 Å². The fraction of sp³-hybridized carbons (Fsp3) is 0.185. The maximum absolute atomic E-state index is 13.9. The summed E-state index contributed by atoms with van der Waals surface area (Å²) in [6, 6.07) is 20.1. The van der Waals surface area contributed by atoms with Crippen LogP contribution in [0.5, 0.6) is 5.75 Å². The van der Waals surface area contributed by atoms with Gasteiger partial charge in [0.15, 0.2) is 0 Å². The Kier molecular flexibility index (Phi) is 4.81. The fourth-order valence-corrected chi connectivity index (χ4v) is 5.74. The number of fused-ring (bicyclic) bond motifs is 3. The molecule has 7 nitrogen and oxygen atoms in total. The maximum atomic E-state index is 13.9. The van der Waals surface area contributed by atoms with E-state index >= 15 is 0 Å². The van der Waals surface area contributed by atoms with Crippen LogP contribution in [-0.4, -0.2) is 36.1 Å². The number of carbonyl (C=O) groups excluding carboxylic acids is 4. The average molecular weight is 532 g/mol. The minimum atomic E-state index is -2.09. The number of nitrogens with zero attached hydrogens (tertiary/aromatic N) is 1. The van der Waals surface area contributed by atoms with Crippen LogP contribution in [0.25, 0.3) is 0 Å². The number of ketones is 2. The molecule has 0 N–H and O–H groups in total. The van der Waals surface area contributed by atoms with E-state index in [1.807, 2.05) is 0 Å². The molecule has 2 amide bonds. The third-order valence-electron chi connectivity index (χ3n) is 7.03. The summed E-state index contributed by atoms with van der Waals surface area (Å²) in [6.45, 7) is 0. The summed E-state index contributed by atoms with van der Waals surface area (Å²) in [7, 11) is 1.49. The van der Waals surface area contributed by atoms with Crippen LogP contribution in [0.4, 0.5) is 5.69 Å². The normalized spacial score (nSPS) is 24.3. The molecular weight excluding hydrogens is 514 g/mol. The van der Waals surface area contributed by atoms with Gasteiger partial charge in [-0.1, -0.05) is 58.4 Å². The third-order valence-corrected chi connectivity index (χ3v) is 7.56. The van der Waals surface area contributed by atoms with Crippen LogP contribution in [-0.2, 0) is 14.3 Å². The molecule has 8 heteroatoms. The highest BCUT2D eigenvalue weighted by atomic mass is 79.9. The minimum Gasteiger partial charge on any atom is -0.497 e. The van der Waals surface area contributed by atoms with E-state index < -0.39 is 46.9 Å². The summed E-state index contributed by atoms with van der Waals surface area (Å²) in [4.78, 5) is 56.3. The van der Waals surface area contributed by atoms with Gasteiger partial charge >= 0.3 is 0 Å². The summed E-state index contributed by atoms with van der Waals surface area (Å²) in [5, 5.41) is 0. The number of amides is 2. The Hall–Kier alpha value is -3.62. The summed E-state index contributed by atoms with van der Waals surface area (Å²) in [6.07, 6.45) is -0.956. The number of benzene rings is 3. The molecule has 0 aromatic heterocycles. The first-order valence-electron chi connectivity index (χ1n) is 11.0. The second-order valence-electron chi connectivity index (χ2n) is 8.75. The molecule has 2 saturated heterocycles. The molecular formula is C27H18BrNO6. The Morgan fingerprint density at radius 2 is 1.51 bits per heavy atom. The highest BCUT2D eigenvalue weighted by Gasteiger charge is 2.74. The van der Waals surface area contributed by atoms with E-state index in [1.54, 1.807) is 72.8 Å². The van der Waals surface area contributed by atoms with Crippen molar-refractivity contribution in [3.8, 4) is 5.75 Å². The number of halogens is 1. The lowest BCUT2D eigenvalue weighted by Gasteiger charge is -2.27. The number of rotatable bonds is 3. The van der Waals surface area contributed by atoms with E-state index in [0.29, 0.717) is 17.0 Å². The molecule has 3 aromatic rings. The van der Waals surface area contributed by atoms with Gasteiger partial charge in [0.25, 0.3) is 0 Å². The monoisotopic (exact) mass is 531 g/mol. The van der Waals surface area contributed by atoms with Gasteiger partial charge in [0.2, 0.25) is 29.0 Å². The average Bonchev–Trinajstić information content (AvgIpc) is 3.44. The Bertz CT molecular complexity index is 1400. The smallest absolute Gasteiger partial charge is 0.241 e. The quantitative estimate of drug-likeness (QED) is 0.372. The number of hydrogen-bond acceptors (Lipinski definition) is 6. The molecule has 0 bridgehead atoms. The molecule has 0 radical (unpaired) electrons. The lowest BCUT2D eigenvalue weighted by Crippen LogP contribution is -2.51. The molecule has 2 aliphatic heterocycles. The van der Waals surface area contributed by atoms with Crippen LogP contribution >= 0.6 is 15.9 Å². The Labute approximate surface area is 208 Å². The van der Waals surface area contributed by atoms with Crippen LogP contribution in [0.3, 0.4) is 0 Å². The van der Waals surface area contributed by atoms with E-state index in [1.165, 1.54) is 7.11 Å². The molecule has 1 aliphatic carbocycles. The van der Waals surface area contributed by atoms with Crippen molar-refractivity contribution in [2.24, 2.45) is 11.8 Å². The van der Waals surface area contributed by atoms with Crippen LogP contribution in [0.1, 0.15) is 32.4 Å². The maximum Gasteiger partial charge on any atom is 0.241 e. The van der Waals surface area contributed by atoms with Gasteiger partial charge in [-0.2, -0.15) is 0 Å². The number of methoxy groups -OCH3 is 1. The Morgan fingerprint density at radius 1 is 0.857 bits per heavy atom. The highest BCUT2D eigenvalue weighted by Crippen LogP contribution is 2.57. The van der Waals surface area contributed by atoms with E-state index in [2.05, 4.69) is 15.9 Å². The van der Waals surface area contributed by atoms with Gasteiger partial charge in [0.05, 0.1) is 30.7 Å². The number of hydrogen-bond donors (Lipinski definition) is 0. The zero-order valence-corrected chi connectivity index (χ0v) is 20.0. The molecule has 2 heterocycles. The first-order chi connectivity index (χ1) is 16.9. The predicted molar refractivity (Wildman–Crippen MR) is 128 cm³/mol. The number of imide groups is 1. The molecule has 2 fully saturated rings. The summed E-state index contributed by atoms with van der Waals surface area (Å²) in [5.41, 5.74) is -0.772. The van der Waals surface area contributed by atoms with Crippen molar-refractivity contribution in [2.75, 3.05) is 12.0 Å². The van der Waals surface area contributed by atoms with Crippen LogP contribution < -0.4 is 9.64 Å². The van der Waals surface area contributed by atoms with Crippen LogP contribution in [0.2, 0.25) is 0 Å². The zero-order chi connectivity index (χ0) is 24.5. The van der Waals surface area contributed by atoms with E-state index in [4.69, 9.17) is 9.47 Å². The van der Waals surface area contributed by atoms with Gasteiger partial charge in [-0.15, -0.1) is 0 Å². The van der Waals surface area contributed by atoms with E-state index in [0.717, 1.165) is 9.37 Å². The Balaban J connectivity index is 1.54. The van der Waals surface area contributed by atoms with Crippen molar-refractivity contribution >= 4 is 45.0 Å². The van der Waals surface area contributed by atoms with Crippen molar-refractivity contribution in [3.05, 3.63) is 94.0 Å². The van der Waals surface area contributed by atoms with Gasteiger partial charge in [-0.25, -0.2) is 4.90 Å². The summed E-state index contributed by atoms with van der Waals surface area (Å²) < 4.78 is 12.4. The molecule has 1 spiro atoms. The molecule has 35 heavy (non-hydrogen) atoms. The van der Waals surface area contributed by atoms with Gasteiger partial charge in [-0.3, -0.25) is 19.2 Å². The first kappa shape index (κ1) is 21.9. The standard InChI is InChI=1S/C27H18BrNO6/c1-34-17-6-4-5-16(13-17)29-25(32)20-21(26(29)33)27(35-22(20)14-9-11-15(28)12-10-14)23(30)18-7-2-3-8-19(18)24(27)31/h2-13,20-22H,1H3/t20-,21+,22+/m1/s1. The lowest BCUT2D eigenvalue weighted by atomic mass is 9.77. The summed E-state index contributed by atoms with van der Waals surface area (Å²) in [5.74, 6) is -4.19. The van der Waals surface area contributed by atoms with Crippen molar-refractivity contribution in [2.45, 2.75) is 11.7 Å². The van der Waals surface area contributed by atoms with Gasteiger partial charge in [-0.05, 0) is 29.8 Å². The molecule has 3 atom stereocenters. The van der Waals surface area contributed by atoms with E-state index in [-0.39, 0.29) is 11.1 Å². The second kappa shape index (κ2) is 7.69. The van der Waals surface area contributed by atoms with Crippen molar-refractivity contribution in [1.82, 2.24) is 0 Å². The first-order valence-corrected chi connectivity index (χ1v) is 11.8. The number of Topliss-reactive ketones (excluding diaryl/α,β-unsaturated/α-hetero) is 2. The number of anilines is 1. The lowest BCUT2D eigenvalue weighted by molar-refractivity contribution is -0.127. The molecule has 3 aromatic carbocycles. The van der Waals surface area contributed by atoms with Crippen molar-refractivity contribution in [3.63, 3.8) is 0 Å². The molecule has 6 rings (SSSR count). The topological polar surface area (TPSA) is 90.0 Å². The third kappa shape index (κ3) is 2.87. The zero-order valence-electron chi connectivity index (χ0n) is 18.4. The van der Waals surface area contributed by atoms with Crippen molar-refractivity contribution in [1.29, 1.82) is 0 Å². The van der Waals surface area contributed by atoms with Gasteiger partial charge in [0, 0.05) is 21.7 Å². The number of carbonyl (C=O) groups is 4. The Morgan fingerprint density at radius 3 is 2.14 bits per heavy atom. The molecule has 3 aliphatic rings. The van der Waals surface area contributed by atoms with Gasteiger partial charge < -0.3 is 9.47 Å². The molecule has 174 valence electrons. The van der Waals surface area contributed by atoms with Crippen LogP contribution in [0, 0.1) is 11.8 Å². The highest BCUT2D eigenvalue weighted by molar-refractivity contribution is 9.10. The summed E-state index contributed by atoms with van der Waals surface area (Å²) >= 11 is 3.39. The molecule has 0 saturated carbocycles. The SMILES string of the molecule is COc1cccc(N2C(=O)[C@@H]3[C@@H](C2=O)C2(O[C@H]3c3ccc(Br)cc3)C(=O)c3ccccc3C2=O)c1. The second-order valence-corrected chi connectivity index (χ2v) is 9.66. The predicted octanol–water partition coefficient (Wildman–Crippen LogP) is 4.15. The largest absolute Gasteiger partial charge is 0.497 e. The van der Waals surface area contributed by atoms with Crippen LogP contribution in [0.15, 0.2) is 77.3 Å². The molecule has 0 unspecified atom stereocenters. The number of ether oxygens (including phenoxy) is 2. The van der Waals surface area contributed by atoms with Gasteiger partial charge in [0.1, 0.15) is 5.75 Å². The van der Waals surface area contributed by atoms with Crippen molar-refractivity contribution < 1.29 is 28.7 Å².